The number of tetrazole rings is 1. The Labute approximate surface area is 199 Å². The average molecular weight is 461 g/mol. The van der Waals surface area contributed by atoms with Gasteiger partial charge in [0.25, 0.3) is 0 Å². The van der Waals surface area contributed by atoms with Crippen LogP contribution in [0.25, 0.3) is 27.8 Å². The summed E-state index contributed by atoms with van der Waals surface area (Å²) in [7, 11) is 0. The number of nitrogens with one attached hydrogen (secondary N) is 1. The molecule has 0 radical (unpaired) electrons. The van der Waals surface area contributed by atoms with Crippen molar-refractivity contribution in [2.24, 2.45) is 0 Å². The van der Waals surface area contributed by atoms with Crippen molar-refractivity contribution in [2.75, 3.05) is 13.1 Å². The summed E-state index contributed by atoms with van der Waals surface area (Å²) in [4.78, 5) is 17.9. The number of aromatic nitrogens is 5. The van der Waals surface area contributed by atoms with Crippen LogP contribution >= 0.6 is 0 Å². The minimum absolute atomic E-state index is 0.0520. The number of benzene rings is 1. The van der Waals surface area contributed by atoms with E-state index in [1.54, 1.807) is 11.4 Å². The third kappa shape index (κ3) is 4.07. The number of aliphatic hydroxyl groups excluding tert-OH is 1. The second-order valence-electron chi connectivity index (χ2n) is 9.94. The first-order valence-electron chi connectivity index (χ1n) is 12.1. The molecule has 8 nitrogen and oxygen atoms in total. The van der Waals surface area contributed by atoms with Crippen LogP contribution in [-0.2, 0) is 4.79 Å². The molecule has 1 aromatic carbocycles. The summed E-state index contributed by atoms with van der Waals surface area (Å²) >= 11 is 0. The zero-order valence-corrected chi connectivity index (χ0v) is 20.2. The van der Waals surface area contributed by atoms with E-state index in [0.29, 0.717) is 11.8 Å². The summed E-state index contributed by atoms with van der Waals surface area (Å²) < 4.78 is 1.73. The molecule has 1 saturated heterocycles. The summed E-state index contributed by atoms with van der Waals surface area (Å²) in [5, 5.41) is 22.8. The number of pyridine rings is 1. The molecule has 1 aliphatic heterocycles. The number of rotatable bonds is 5. The molecule has 8 heteroatoms. The molecule has 2 N–H and O–H groups in total. The number of fused-ring (bicyclic) bond motifs is 2. The monoisotopic (exact) mass is 460 g/mol. The minimum Gasteiger partial charge on any atom is -0.393 e. The van der Waals surface area contributed by atoms with Crippen LogP contribution in [0.15, 0.2) is 30.5 Å². The molecule has 3 aromatic heterocycles. The van der Waals surface area contributed by atoms with Crippen molar-refractivity contribution in [2.45, 2.75) is 64.9 Å². The van der Waals surface area contributed by atoms with Crippen molar-refractivity contribution in [3.8, 4) is 11.3 Å². The summed E-state index contributed by atoms with van der Waals surface area (Å²) in [5.41, 5.74) is 7.74. The maximum Gasteiger partial charge on any atom is 0.225 e. The predicted molar refractivity (Wildman–Crippen MR) is 132 cm³/mol. The van der Waals surface area contributed by atoms with Gasteiger partial charge in [0.1, 0.15) is 0 Å². The summed E-state index contributed by atoms with van der Waals surface area (Å²) in [6.45, 7) is 9.65. The van der Waals surface area contributed by atoms with E-state index in [1.807, 2.05) is 18.0 Å². The maximum absolute atomic E-state index is 12.3. The highest BCUT2D eigenvalue weighted by atomic mass is 16.3. The molecule has 178 valence electrons. The van der Waals surface area contributed by atoms with Crippen LogP contribution in [0, 0.1) is 6.92 Å². The molecular formula is C26H32N6O2. The number of likely N-dealkylation sites (tertiary alicyclic amines) is 1. The van der Waals surface area contributed by atoms with E-state index >= 15 is 0 Å². The fraction of sp³-hybridized carbons (Fsp3) is 0.462. The molecule has 34 heavy (non-hydrogen) atoms. The standard InChI is InChI=1S/C26H32N6O2/c1-15(2)24-21-13-19(18-7-9-31(10-8-18)23(34)12-17(4)33)5-6-22(21)27-25(24)20-11-16(3)26-28-29-30-32(26)14-20/h5-6,11,13-15,17-18,27,33H,7-10,12H2,1-4H3. The normalized spacial score (nSPS) is 16.1. The van der Waals surface area contributed by atoms with Gasteiger partial charge in [-0.3, -0.25) is 4.79 Å². The fourth-order valence-electron chi connectivity index (χ4n) is 5.30. The number of carbonyl (C=O) groups is 1. The van der Waals surface area contributed by atoms with Crippen molar-refractivity contribution in [1.82, 2.24) is 29.9 Å². The maximum atomic E-state index is 12.3. The van der Waals surface area contributed by atoms with E-state index in [0.717, 1.165) is 53.9 Å². The van der Waals surface area contributed by atoms with Gasteiger partial charge < -0.3 is 15.0 Å². The van der Waals surface area contributed by atoms with E-state index in [9.17, 15) is 9.90 Å². The quantitative estimate of drug-likeness (QED) is 0.465. The predicted octanol–water partition coefficient (Wildman–Crippen LogP) is 4.18. The molecule has 4 aromatic rings. The van der Waals surface area contributed by atoms with Gasteiger partial charge in [-0.05, 0) is 83.8 Å². The van der Waals surface area contributed by atoms with Crippen molar-refractivity contribution in [1.29, 1.82) is 0 Å². The Hall–Kier alpha value is -3.26. The fourth-order valence-corrected chi connectivity index (χ4v) is 5.30. The number of aryl methyl sites for hydroxylation is 1. The first kappa shape index (κ1) is 22.5. The van der Waals surface area contributed by atoms with Crippen molar-refractivity contribution >= 4 is 22.5 Å². The number of nitrogens with zero attached hydrogens (tertiary/aromatic N) is 5. The van der Waals surface area contributed by atoms with E-state index in [2.05, 4.69) is 58.6 Å². The Balaban J connectivity index is 1.47. The van der Waals surface area contributed by atoms with Gasteiger partial charge in [-0.2, -0.15) is 4.52 Å². The van der Waals surface area contributed by atoms with Gasteiger partial charge >= 0.3 is 0 Å². The number of aromatic amines is 1. The lowest BCUT2D eigenvalue weighted by atomic mass is 9.87. The number of aliphatic hydroxyl groups is 1. The van der Waals surface area contributed by atoms with Gasteiger partial charge in [0.05, 0.1) is 18.2 Å². The van der Waals surface area contributed by atoms with Crippen LogP contribution in [0.5, 0.6) is 0 Å². The number of amides is 1. The molecule has 1 fully saturated rings. The SMILES string of the molecule is Cc1cc(-c2[nH]c3ccc(C4CCN(C(=O)CC(C)O)CC4)cc3c2C(C)C)cn2nnnc12. The van der Waals surface area contributed by atoms with E-state index in [4.69, 9.17) is 0 Å². The largest absolute Gasteiger partial charge is 0.393 e. The van der Waals surface area contributed by atoms with Crippen LogP contribution in [0.3, 0.4) is 0 Å². The van der Waals surface area contributed by atoms with Crippen LogP contribution in [0.4, 0.5) is 0 Å². The lowest BCUT2D eigenvalue weighted by molar-refractivity contribution is -0.134. The first-order valence-corrected chi connectivity index (χ1v) is 12.1. The highest BCUT2D eigenvalue weighted by molar-refractivity contribution is 5.92. The number of hydrogen-bond acceptors (Lipinski definition) is 5. The second kappa shape index (κ2) is 8.83. The van der Waals surface area contributed by atoms with E-state index < -0.39 is 6.10 Å². The zero-order valence-electron chi connectivity index (χ0n) is 20.2. The van der Waals surface area contributed by atoms with Gasteiger partial charge in [0.2, 0.25) is 5.91 Å². The smallest absolute Gasteiger partial charge is 0.225 e. The molecule has 0 spiro atoms. The first-order chi connectivity index (χ1) is 16.3. The summed E-state index contributed by atoms with van der Waals surface area (Å²) in [6.07, 6.45) is 3.49. The highest BCUT2D eigenvalue weighted by Crippen LogP contribution is 2.38. The Morgan fingerprint density at radius 2 is 1.97 bits per heavy atom. The van der Waals surface area contributed by atoms with Crippen LogP contribution in [0.1, 0.15) is 68.6 Å². The van der Waals surface area contributed by atoms with Gasteiger partial charge in [-0.25, -0.2) is 0 Å². The molecule has 1 atom stereocenters. The number of carbonyl (C=O) groups excluding carboxylic acids is 1. The number of H-pyrrole nitrogens is 1. The van der Waals surface area contributed by atoms with Gasteiger partial charge in [0, 0.05) is 35.8 Å². The van der Waals surface area contributed by atoms with Crippen LogP contribution in [-0.4, -0.2) is 60.1 Å². The molecule has 5 rings (SSSR count). The zero-order chi connectivity index (χ0) is 24.0. The van der Waals surface area contributed by atoms with E-state index in [1.165, 1.54) is 16.5 Å². The van der Waals surface area contributed by atoms with Crippen molar-refractivity contribution < 1.29 is 9.90 Å². The molecule has 1 amide bonds. The van der Waals surface area contributed by atoms with E-state index in [-0.39, 0.29) is 12.3 Å². The van der Waals surface area contributed by atoms with Crippen LogP contribution in [0.2, 0.25) is 0 Å². The molecule has 0 aliphatic carbocycles. The molecular weight excluding hydrogens is 428 g/mol. The topological polar surface area (TPSA) is 99.4 Å². The molecule has 0 bridgehead atoms. The number of piperidine rings is 1. The second-order valence-corrected chi connectivity index (χ2v) is 9.94. The number of hydrogen-bond donors (Lipinski definition) is 2. The summed E-state index contributed by atoms with van der Waals surface area (Å²) in [5.74, 6) is 0.818. The lowest BCUT2D eigenvalue weighted by Gasteiger charge is -2.32. The Morgan fingerprint density at radius 3 is 2.68 bits per heavy atom. The molecule has 4 heterocycles. The van der Waals surface area contributed by atoms with Gasteiger partial charge in [-0.1, -0.05) is 19.9 Å². The lowest BCUT2D eigenvalue weighted by Crippen LogP contribution is -2.39. The average Bonchev–Trinajstić information content (AvgIpc) is 3.43. The Morgan fingerprint density at radius 1 is 1.21 bits per heavy atom. The molecule has 1 aliphatic rings. The van der Waals surface area contributed by atoms with Crippen LogP contribution < -0.4 is 0 Å². The van der Waals surface area contributed by atoms with Crippen molar-refractivity contribution in [3.05, 3.63) is 47.2 Å². The van der Waals surface area contributed by atoms with Gasteiger partial charge in [-0.15, -0.1) is 5.10 Å². The third-order valence-electron chi connectivity index (χ3n) is 7.00. The minimum atomic E-state index is -0.588. The molecule has 0 saturated carbocycles. The summed E-state index contributed by atoms with van der Waals surface area (Å²) in [6, 6.07) is 8.89. The Kier molecular flexibility index (Phi) is 5.85. The molecule has 1 unspecified atom stereocenters. The Bertz CT molecular complexity index is 1340. The highest BCUT2D eigenvalue weighted by Gasteiger charge is 2.25. The third-order valence-corrected chi connectivity index (χ3v) is 7.00. The van der Waals surface area contributed by atoms with Gasteiger partial charge in [0.15, 0.2) is 5.65 Å². The van der Waals surface area contributed by atoms with Crippen molar-refractivity contribution in [3.63, 3.8) is 0 Å².